The van der Waals surface area contributed by atoms with Gasteiger partial charge in [0.1, 0.15) is 0 Å². The zero-order valence-electron chi connectivity index (χ0n) is 17.4. The van der Waals surface area contributed by atoms with Crippen LogP contribution in [0, 0.1) is 5.92 Å². The number of rotatable bonds is 5. The van der Waals surface area contributed by atoms with Crippen LogP contribution in [0.4, 0.5) is 0 Å². The maximum atomic E-state index is 12.3. The molecule has 0 unspecified atom stereocenters. The number of ether oxygens (including phenoxy) is 2. The van der Waals surface area contributed by atoms with Crippen molar-refractivity contribution in [3.8, 4) is 17.1 Å². The molecule has 2 fully saturated rings. The predicted octanol–water partition coefficient (Wildman–Crippen LogP) is 4.25. The van der Waals surface area contributed by atoms with E-state index in [2.05, 4.69) is 14.3 Å². The molecule has 2 aromatic heterocycles. The summed E-state index contributed by atoms with van der Waals surface area (Å²) in [4.78, 5) is 28.1. The fourth-order valence-electron chi connectivity index (χ4n) is 4.12. The Morgan fingerprint density at radius 2 is 2.07 bits per heavy atom. The van der Waals surface area contributed by atoms with Gasteiger partial charge >= 0.3 is 0 Å². The lowest BCUT2D eigenvalue weighted by atomic mass is 9.70. The molecule has 5 rings (SSSR count). The number of aromatic nitrogens is 2. The number of nitrogens with zero attached hydrogens (tertiary/aromatic N) is 2. The molecule has 0 saturated heterocycles. The second-order valence-corrected chi connectivity index (χ2v) is 8.70. The molecule has 3 aliphatic rings. The molecule has 1 aliphatic heterocycles. The van der Waals surface area contributed by atoms with E-state index in [1.165, 1.54) is 18.9 Å². The summed E-state index contributed by atoms with van der Waals surface area (Å²) < 4.78 is 12.5. The number of halogens is 1. The Bertz CT molecular complexity index is 1010. The van der Waals surface area contributed by atoms with Crippen molar-refractivity contribution in [1.29, 1.82) is 0 Å². The molecule has 7 heteroatoms. The molecule has 3 heterocycles. The fourth-order valence-corrected chi connectivity index (χ4v) is 4.31. The summed E-state index contributed by atoms with van der Waals surface area (Å²) in [5.41, 5.74) is 2.38. The Hall–Kier alpha value is -2.18. The summed E-state index contributed by atoms with van der Waals surface area (Å²) in [7, 11) is 1.68. The second kappa shape index (κ2) is 8.52. The summed E-state index contributed by atoms with van der Waals surface area (Å²) in [5, 5.41) is 0.326. The van der Waals surface area contributed by atoms with Gasteiger partial charge in [-0.2, -0.15) is 0 Å². The smallest absolute Gasteiger partial charge is 0.192 e. The molecular weight excluding hydrogens is 404 g/mol. The minimum atomic E-state index is -0.277. The van der Waals surface area contributed by atoms with E-state index in [9.17, 15) is 9.59 Å². The Labute approximate surface area is 181 Å². The highest BCUT2D eigenvalue weighted by atomic mass is 35.5. The van der Waals surface area contributed by atoms with Crippen molar-refractivity contribution >= 4 is 17.9 Å². The van der Waals surface area contributed by atoms with Gasteiger partial charge in [0.15, 0.2) is 22.6 Å². The van der Waals surface area contributed by atoms with Gasteiger partial charge in [-0.3, -0.25) is 9.59 Å². The highest BCUT2D eigenvalue weighted by Crippen LogP contribution is 2.49. The first-order valence-electron chi connectivity index (χ1n) is 10.5. The minimum Gasteiger partial charge on any atom is -0.490 e. The maximum Gasteiger partial charge on any atom is 0.192 e. The molecule has 2 aromatic rings. The molecular formula is C23H27ClN2O4. The van der Waals surface area contributed by atoms with Crippen LogP contribution in [0.2, 0.25) is 5.15 Å². The monoisotopic (exact) mass is 430 g/mol. The van der Waals surface area contributed by atoms with Crippen LogP contribution in [0.1, 0.15) is 54.9 Å². The standard InChI is InChI=1S/C20H19ClN2O3.C3H8O/c21-19-17(26-11-12-2-3-12)6-13-8-20(4-1-5-20)23-9-14(10-24)16(25)7-15(23)18(13)22-19;1-3-4-2/h6-7,9-10,12H,1-5,8,11H2;3H2,1-2H3. The topological polar surface area (TPSA) is 70.4 Å². The fraction of sp³-hybridized carbons (Fsp3) is 0.522. The van der Waals surface area contributed by atoms with Crippen molar-refractivity contribution in [1.82, 2.24) is 9.55 Å². The van der Waals surface area contributed by atoms with Gasteiger partial charge in [-0.25, -0.2) is 4.98 Å². The molecule has 0 radical (unpaired) electrons. The van der Waals surface area contributed by atoms with Crippen LogP contribution in [0.25, 0.3) is 11.4 Å². The van der Waals surface area contributed by atoms with E-state index >= 15 is 0 Å². The van der Waals surface area contributed by atoms with Gasteiger partial charge in [0.25, 0.3) is 0 Å². The first-order chi connectivity index (χ1) is 14.5. The van der Waals surface area contributed by atoms with Crippen molar-refractivity contribution in [2.75, 3.05) is 20.3 Å². The van der Waals surface area contributed by atoms with Crippen LogP contribution in [0.5, 0.6) is 5.75 Å². The Kier molecular flexibility index (Phi) is 5.98. The van der Waals surface area contributed by atoms with Gasteiger partial charge < -0.3 is 14.0 Å². The van der Waals surface area contributed by atoms with E-state index in [1.807, 2.05) is 13.0 Å². The van der Waals surface area contributed by atoms with Gasteiger partial charge in [0, 0.05) is 31.5 Å². The molecule has 1 spiro atoms. The maximum absolute atomic E-state index is 12.3. The van der Waals surface area contributed by atoms with Gasteiger partial charge in [-0.05, 0) is 63.0 Å². The lowest BCUT2D eigenvalue weighted by Crippen LogP contribution is -2.46. The van der Waals surface area contributed by atoms with E-state index in [-0.39, 0.29) is 16.5 Å². The number of fused-ring (bicyclic) bond motifs is 4. The van der Waals surface area contributed by atoms with Crippen molar-refractivity contribution in [2.24, 2.45) is 5.92 Å². The third kappa shape index (κ3) is 3.91. The number of hydrogen-bond acceptors (Lipinski definition) is 5. The van der Waals surface area contributed by atoms with Gasteiger partial charge in [0.2, 0.25) is 0 Å². The van der Waals surface area contributed by atoms with Crippen LogP contribution >= 0.6 is 11.6 Å². The van der Waals surface area contributed by atoms with Crippen molar-refractivity contribution in [3.05, 3.63) is 44.8 Å². The lowest BCUT2D eigenvalue weighted by Gasteiger charge is -2.48. The van der Waals surface area contributed by atoms with Crippen molar-refractivity contribution in [3.63, 3.8) is 0 Å². The number of methoxy groups -OCH3 is 1. The molecule has 0 N–H and O–H groups in total. The number of pyridine rings is 2. The van der Waals surface area contributed by atoms with E-state index < -0.39 is 0 Å². The third-order valence-electron chi connectivity index (χ3n) is 6.25. The largest absolute Gasteiger partial charge is 0.490 e. The van der Waals surface area contributed by atoms with Crippen LogP contribution in [-0.2, 0) is 16.7 Å². The quantitative estimate of drug-likeness (QED) is 0.523. The Morgan fingerprint density at radius 1 is 1.33 bits per heavy atom. The molecule has 30 heavy (non-hydrogen) atoms. The average Bonchev–Trinajstić information content (AvgIpc) is 3.55. The Balaban J connectivity index is 0.000000503. The van der Waals surface area contributed by atoms with Crippen molar-refractivity contribution < 1.29 is 14.3 Å². The zero-order valence-corrected chi connectivity index (χ0v) is 18.2. The summed E-state index contributed by atoms with van der Waals surface area (Å²) in [6.07, 6.45) is 8.78. The Morgan fingerprint density at radius 3 is 2.63 bits per heavy atom. The third-order valence-corrected chi connectivity index (χ3v) is 6.52. The molecule has 0 atom stereocenters. The second-order valence-electron chi connectivity index (χ2n) is 8.34. The highest BCUT2D eigenvalue weighted by Gasteiger charge is 2.44. The summed E-state index contributed by atoms with van der Waals surface area (Å²) in [6.45, 7) is 3.46. The first-order valence-corrected chi connectivity index (χ1v) is 10.9. The predicted molar refractivity (Wildman–Crippen MR) is 116 cm³/mol. The van der Waals surface area contributed by atoms with Crippen LogP contribution in [0.15, 0.2) is 23.1 Å². The minimum absolute atomic E-state index is 0.0724. The molecule has 0 bridgehead atoms. The van der Waals surface area contributed by atoms with Crippen LogP contribution < -0.4 is 10.2 Å². The number of aldehydes is 1. The van der Waals surface area contributed by atoms with Gasteiger partial charge in [-0.1, -0.05) is 11.6 Å². The zero-order chi connectivity index (χ0) is 21.3. The van der Waals surface area contributed by atoms with E-state index in [0.717, 1.165) is 49.2 Å². The number of carbonyl (C=O) groups excluding carboxylic acids is 1. The first kappa shape index (κ1) is 21.1. The lowest BCUT2D eigenvalue weighted by molar-refractivity contribution is 0.111. The number of hydrogen-bond donors (Lipinski definition) is 0. The normalized spacial score (nSPS) is 17.8. The van der Waals surface area contributed by atoms with E-state index in [1.54, 1.807) is 13.3 Å². The average molecular weight is 431 g/mol. The van der Waals surface area contributed by atoms with Gasteiger partial charge in [0.05, 0.1) is 23.6 Å². The van der Waals surface area contributed by atoms with E-state index in [0.29, 0.717) is 29.7 Å². The molecule has 0 amide bonds. The summed E-state index contributed by atoms with van der Waals surface area (Å²) in [6, 6.07) is 3.52. The summed E-state index contributed by atoms with van der Waals surface area (Å²) >= 11 is 6.37. The molecule has 2 saturated carbocycles. The summed E-state index contributed by atoms with van der Waals surface area (Å²) in [5.74, 6) is 1.27. The molecule has 160 valence electrons. The van der Waals surface area contributed by atoms with Crippen LogP contribution in [-0.4, -0.2) is 36.2 Å². The highest BCUT2D eigenvalue weighted by molar-refractivity contribution is 6.31. The molecule has 0 aromatic carbocycles. The number of carbonyl (C=O) groups is 1. The van der Waals surface area contributed by atoms with Crippen molar-refractivity contribution in [2.45, 2.75) is 51.0 Å². The van der Waals surface area contributed by atoms with Crippen LogP contribution in [0.3, 0.4) is 0 Å². The van der Waals surface area contributed by atoms with E-state index in [4.69, 9.17) is 16.3 Å². The SMILES string of the molecule is CCOC.O=Cc1cn2c(cc1=O)-c1nc(Cl)c(OCC3CC3)cc1CC21CCC1. The van der Waals surface area contributed by atoms with Gasteiger partial charge in [-0.15, -0.1) is 0 Å². The molecule has 2 aliphatic carbocycles. The molecule has 6 nitrogen and oxygen atoms in total.